The van der Waals surface area contributed by atoms with E-state index in [9.17, 15) is 4.39 Å². The molecule has 0 saturated heterocycles. The lowest BCUT2D eigenvalue weighted by molar-refractivity contribution is 0.523. The third-order valence-electron chi connectivity index (χ3n) is 3.32. The fourth-order valence-electron chi connectivity index (χ4n) is 1.89. The van der Waals surface area contributed by atoms with Crippen LogP contribution in [-0.4, -0.2) is 0 Å². The highest BCUT2D eigenvalue weighted by atomic mass is 32.2. The molecule has 1 nitrogen and oxygen atoms in total. The molecule has 1 N–H and O–H groups in total. The van der Waals surface area contributed by atoms with Gasteiger partial charge in [0.05, 0.1) is 0 Å². The smallest absolute Gasteiger partial charge is 0.129 e. The Morgan fingerprint density at radius 3 is 2.48 bits per heavy atom. The summed E-state index contributed by atoms with van der Waals surface area (Å²) in [5.74, 6) is -0.156. The van der Waals surface area contributed by atoms with E-state index in [1.807, 2.05) is 45.9 Å². The molecule has 1 rings (SSSR count). The van der Waals surface area contributed by atoms with Crippen molar-refractivity contribution in [2.45, 2.75) is 53.4 Å². The zero-order valence-electron chi connectivity index (χ0n) is 13.9. The lowest BCUT2D eigenvalue weighted by atomic mass is 9.86. The zero-order valence-corrected chi connectivity index (χ0v) is 14.7. The van der Waals surface area contributed by atoms with Crippen molar-refractivity contribution in [2.75, 3.05) is 4.72 Å². The summed E-state index contributed by atoms with van der Waals surface area (Å²) in [6.45, 7) is 12.3. The standard InChI is InChI=1S/C18H26FNS/c1-7-9-17(13(3)8-2)21-20-14-10-11-15(16(19)12-14)18(4,5)6/h7,9-12,20H,8H2,1-6H3/b9-7-,17-13+. The molecule has 1 aromatic carbocycles. The van der Waals surface area contributed by atoms with Gasteiger partial charge in [-0.15, -0.1) is 0 Å². The van der Waals surface area contributed by atoms with Crippen LogP contribution in [0.15, 0.2) is 40.8 Å². The first kappa shape index (κ1) is 17.8. The summed E-state index contributed by atoms with van der Waals surface area (Å²) in [6, 6.07) is 5.37. The predicted molar refractivity (Wildman–Crippen MR) is 94.1 cm³/mol. The summed E-state index contributed by atoms with van der Waals surface area (Å²) in [6.07, 6.45) is 5.11. The van der Waals surface area contributed by atoms with Gasteiger partial charge in [-0.25, -0.2) is 4.39 Å². The second-order valence-electron chi connectivity index (χ2n) is 6.15. The molecule has 0 amide bonds. The fourth-order valence-corrected chi connectivity index (χ4v) is 2.77. The van der Waals surface area contributed by atoms with Crippen LogP contribution in [0.2, 0.25) is 0 Å². The van der Waals surface area contributed by atoms with Gasteiger partial charge in [0.25, 0.3) is 0 Å². The second kappa shape index (κ2) is 7.69. The third-order valence-corrected chi connectivity index (χ3v) is 4.37. The summed E-state index contributed by atoms with van der Waals surface area (Å²) in [4.78, 5) is 1.18. The van der Waals surface area contributed by atoms with E-state index < -0.39 is 0 Å². The van der Waals surface area contributed by atoms with Crippen molar-refractivity contribution in [1.82, 2.24) is 0 Å². The Balaban J connectivity index is 2.88. The molecule has 0 radical (unpaired) electrons. The molecule has 0 heterocycles. The van der Waals surface area contributed by atoms with E-state index >= 15 is 0 Å². The van der Waals surface area contributed by atoms with Crippen LogP contribution in [0.3, 0.4) is 0 Å². The van der Waals surface area contributed by atoms with E-state index in [2.05, 4.69) is 24.6 Å². The maximum atomic E-state index is 14.2. The largest absolute Gasteiger partial charge is 0.326 e. The third kappa shape index (κ3) is 5.24. The number of hydrogen-bond donors (Lipinski definition) is 1. The molecule has 0 fully saturated rings. The number of allylic oxidation sites excluding steroid dienone is 3. The molecule has 0 saturated carbocycles. The Kier molecular flexibility index (Phi) is 6.53. The number of halogens is 1. The highest BCUT2D eigenvalue weighted by Crippen LogP contribution is 2.29. The van der Waals surface area contributed by atoms with Gasteiger partial charge in [0.15, 0.2) is 0 Å². The van der Waals surface area contributed by atoms with Gasteiger partial charge in [0, 0.05) is 10.6 Å². The lowest BCUT2D eigenvalue weighted by Gasteiger charge is -2.20. The van der Waals surface area contributed by atoms with E-state index in [0.29, 0.717) is 0 Å². The topological polar surface area (TPSA) is 12.0 Å². The van der Waals surface area contributed by atoms with Crippen LogP contribution in [0.1, 0.15) is 53.5 Å². The van der Waals surface area contributed by atoms with Gasteiger partial charge in [-0.2, -0.15) is 0 Å². The number of hydrogen-bond acceptors (Lipinski definition) is 2. The molecule has 0 atom stereocenters. The van der Waals surface area contributed by atoms with Gasteiger partial charge in [-0.3, -0.25) is 0 Å². The molecule has 1 aromatic rings. The first-order chi connectivity index (χ1) is 9.79. The second-order valence-corrected chi connectivity index (χ2v) is 6.99. The SMILES string of the molecule is C/C=C\C(SNc1ccc(C(C)(C)C)c(F)c1)=C(\C)CC. The van der Waals surface area contributed by atoms with Crippen molar-refractivity contribution in [3.8, 4) is 0 Å². The summed E-state index contributed by atoms with van der Waals surface area (Å²) >= 11 is 1.53. The van der Waals surface area contributed by atoms with Gasteiger partial charge in [0.2, 0.25) is 0 Å². The predicted octanol–water partition coefficient (Wildman–Crippen LogP) is 6.44. The lowest BCUT2D eigenvalue weighted by Crippen LogP contribution is -2.13. The average Bonchev–Trinajstić information content (AvgIpc) is 2.41. The van der Waals surface area contributed by atoms with E-state index in [4.69, 9.17) is 0 Å². The Morgan fingerprint density at radius 1 is 1.33 bits per heavy atom. The Hall–Kier alpha value is -1.22. The van der Waals surface area contributed by atoms with Crippen molar-refractivity contribution < 1.29 is 4.39 Å². The first-order valence-electron chi connectivity index (χ1n) is 7.35. The summed E-state index contributed by atoms with van der Waals surface area (Å²) in [5, 5.41) is 0. The molecule has 21 heavy (non-hydrogen) atoms. The van der Waals surface area contributed by atoms with E-state index in [1.165, 1.54) is 22.4 Å². The van der Waals surface area contributed by atoms with E-state index in [0.717, 1.165) is 17.7 Å². The number of anilines is 1. The fraction of sp³-hybridized carbons (Fsp3) is 0.444. The maximum Gasteiger partial charge on any atom is 0.129 e. The molecule has 0 aliphatic heterocycles. The molecular formula is C18H26FNS. The average molecular weight is 307 g/mol. The van der Waals surface area contributed by atoms with E-state index in [1.54, 1.807) is 6.07 Å². The highest BCUT2D eigenvalue weighted by molar-refractivity contribution is 8.04. The Morgan fingerprint density at radius 2 is 2.00 bits per heavy atom. The van der Waals surface area contributed by atoms with Crippen molar-refractivity contribution in [3.05, 3.63) is 52.2 Å². The first-order valence-corrected chi connectivity index (χ1v) is 8.16. The van der Waals surface area contributed by atoms with Crippen molar-refractivity contribution in [3.63, 3.8) is 0 Å². The summed E-state index contributed by atoms with van der Waals surface area (Å²) < 4.78 is 17.4. The Bertz CT molecular complexity index is 539. The molecule has 116 valence electrons. The molecular weight excluding hydrogens is 281 g/mol. The van der Waals surface area contributed by atoms with Crippen LogP contribution >= 0.6 is 11.9 Å². The number of nitrogens with one attached hydrogen (secondary N) is 1. The van der Waals surface area contributed by atoms with Crippen LogP contribution in [0.4, 0.5) is 10.1 Å². The summed E-state index contributed by atoms with van der Waals surface area (Å²) in [5.41, 5.74) is 2.67. The maximum absolute atomic E-state index is 14.2. The van der Waals surface area contributed by atoms with Crippen LogP contribution in [0.25, 0.3) is 0 Å². The van der Waals surface area contributed by atoms with E-state index in [-0.39, 0.29) is 11.2 Å². The molecule has 0 aliphatic rings. The molecule has 3 heteroatoms. The minimum atomic E-state index is -0.176. The van der Waals surface area contributed by atoms with Gasteiger partial charge >= 0.3 is 0 Å². The number of rotatable bonds is 5. The van der Waals surface area contributed by atoms with Crippen molar-refractivity contribution in [1.29, 1.82) is 0 Å². The molecule has 0 aromatic heterocycles. The molecule has 0 spiro atoms. The van der Waals surface area contributed by atoms with Crippen LogP contribution in [0.5, 0.6) is 0 Å². The normalized spacial score (nSPS) is 13.5. The van der Waals surface area contributed by atoms with Gasteiger partial charge in [-0.05, 0) is 55.3 Å². The van der Waals surface area contributed by atoms with Gasteiger partial charge < -0.3 is 4.72 Å². The van der Waals surface area contributed by atoms with Crippen LogP contribution < -0.4 is 4.72 Å². The quantitative estimate of drug-likeness (QED) is 0.496. The minimum Gasteiger partial charge on any atom is -0.326 e. The summed E-state index contributed by atoms with van der Waals surface area (Å²) in [7, 11) is 0. The van der Waals surface area contributed by atoms with Crippen molar-refractivity contribution >= 4 is 17.6 Å². The highest BCUT2D eigenvalue weighted by Gasteiger charge is 2.18. The van der Waals surface area contributed by atoms with Gasteiger partial charge in [-0.1, -0.05) is 51.5 Å². The van der Waals surface area contributed by atoms with Crippen LogP contribution in [-0.2, 0) is 5.41 Å². The van der Waals surface area contributed by atoms with Gasteiger partial charge in [0.1, 0.15) is 5.82 Å². The van der Waals surface area contributed by atoms with Crippen molar-refractivity contribution in [2.24, 2.45) is 0 Å². The zero-order chi connectivity index (χ0) is 16.0. The monoisotopic (exact) mass is 307 g/mol. The van der Waals surface area contributed by atoms with Crippen LogP contribution in [0, 0.1) is 5.82 Å². The molecule has 0 unspecified atom stereocenters. The minimum absolute atomic E-state index is 0.156. The molecule has 0 bridgehead atoms. The molecule has 0 aliphatic carbocycles. The Labute approximate surface area is 132 Å². The number of benzene rings is 1.